The van der Waals surface area contributed by atoms with E-state index >= 15 is 0 Å². The van der Waals surface area contributed by atoms with Gasteiger partial charge in [0.25, 0.3) is 0 Å². The molecule has 0 fully saturated rings. The minimum atomic E-state index is -0.206. The van der Waals surface area contributed by atoms with Crippen LogP contribution in [0.15, 0.2) is 48.5 Å². The highest BCUT2D eigenvalue weighted by Crippen LogP contribution is 2.28. The van der Waals surface area contributed by atoms with E-state index in [1.807, 2.05) is 25.2 Å². The van der Waals surface area contributed by atoms with Gasteiger partial charge in [0.05, 0.1) is 0 Å². The highest BCUT2D eigenvalue weighted by molar-refractivity contribution is 5.66. The molecule has 0 saturated carbocycles. The zero-order valence-electron chi connectivity index (χ0n) is 11.4. The highest BCUT2D eigenvalue weighted by Gasteiger charge is 2.11. The first kappa shape index (κ1) is 13.6. The van der Waals surface area contributed by atoms with Crippen molar-refractivity contribution >= 4 is 11.4 Å². The molecule has 0 unspecified atom stereocenters. The molecule has 1 N–H and O–H groups in total. The number of rotatable bonds is 5. The molecule has 2 aromatic rings. The second-order valence-electron chi connectivity index (χ2n) is 4.38. The number of nitrogens with zero attached hydrogens (tertiary/aromatic N) is 1. The second kappa shape index (κ2) is 6.34. The van der Waals surface area contributed by atoms with Crippen molar-refractivity contribution in [1.29, 1.82) is 0 Å². The third-order valence-electron chi connectivity index (χ3n) is 3.09. The molecular formula is C16H19FN2. The van der Waals surface area contributed by atoms with E-state index in [1.54, 1.807) is 12.1 Å². The summed E-state index contributed by atoms with van der Waals surface area (Å²) in [5.41, 5.74) is 3.20. The summed E-state index contributed by atoms with van der Waals surface area (Å²) in [4.78, 5) is 2.12. The number of hydrogen-bond donors (Lipinski definition) is 1. The molecule has 0 aliphatic rings. The van der Waals surface area contributed by atoms with Gasteiger partial charge >= 0.3 is 0 Å². The van der Waals surface area contributed by atoms with Crippen LogP contribution in [0.3, 0.4) is 0 Å². The van der Waals surface area contributed by atoms with Gasteiger partial charge in [0.15, 0.2) is 0 Å². The maximum Gasteiger partial charge on any atom is 0.125 e. The smallest absolute Gasteiger partial charge is 0.125 e. The molecule has 0 saturated heterocycles. The Morgan fingerprint density at radius 3 is 2.58 bits per heavy atom. The number of anilines is 2. The minimum absolute atomic E-state index is 0.206. The predicted molar refractivity (Wildman–Crippen MR) is 78.3 cm³/mol. The van der Waals surface area contributed by atoms with Gasteiger partial charge in [-0.25, -0.2) is 4.39 Å². The van der Waals surface area contributed by atoms with Crippen LogP contribution in [-0.4, -0.2) is 13.6 Å². The van der Waals surface area contributed by atoms with Crippen LogP contribution in [-0.2, 0) is 6.54 Å². The number of hydrogen-bond acceptors (Lipinski definition) is 2. The Morgan fingerprint density at radius 1 is 1.11 bits per heavy atom. The Bertz CT molecular complexity index is 540. The standard InChI is InChI=1S/C16H19FN2/c1-3-19(15-9-6-8-14(17)11-15)16-10-5-4-7-13(16)12-18-2/h4-11,18H,3,12H2,1-2H3. The molecule has 19 heavy (non-hydrogen) atoms. The number of para-hydroxylation sites is 1. The monoisotopic (exact) mass is 258 g/mol. The fourth-order valence-corrected chi connectivity index (χ4v) is 2.25. The molecule has 3 heteroatoms. The van der Waals surface area contributed by atoms with Gasteiger partial charge in [-0.1, -0.05) is 24.3 Å². The van der Waals surface area contributed by atoms with Gasteiger partial charge < -0.3 is 10.2 Å². The third-order valence-corrected chi connectivity index (χ3v) is 3.09. The maximum atomic E-state index is 13.4. The van der Waals surface area contributed by atoms with Gasteiger partial charge in [0, 0.05) is 24.5 Å². The third kappa shape index (κ3) is 3.12. The highest BCUT2D eigenvalue weighted by atomic mass is 19.1. The summed E-state index contributed by atoms with van der Waals surface area (Å²) in [6.45, 7) is 3.66. The Balaban J connectivity index is 2.42. The van der Waals surface area contributed by atoms with Crippen molar-refractivity contribution in [3.8, 4) is 0 Å². The van der Waals surface area contributed by atoms with Crippen LogP contribution in [0.1, 0.15) is 12.5 Å². The minimum Gasteiger partial charge on any atom is -0.341 e. The predicted octanol–water partition coefficient (Wildman–Crippen LogP) is 3.70. The van der Waals surface area contributed by atoms with Gasteiger partial charge in [-0.3, -0.25) is 0 Å². The Kier molecular flexibility index (Phi) is 4.53. The largest absolute Gasteiger partial charge is 0.341 e. The van der Waals surface area contributed by atoms with Crippen LogP contribution < -0.4 is 10.2 Å². The SMILES string of the molecule is CCN(c1cccc(F)c1)c1ccccc1CNC. The van der Waals surface area contributed by atoms with E-state index in [-0.39, 0.29) is 5.82 Å². The lowest BCUT2D eigenvalue weighted by atomic mass is 10.1. The van der Waals surface area contributed by atoms with Gasteiger partial charge in [0.2, 0.25) is 0 Å². The lowest BCUT2D eigenvalue weighted by Gasteiger charge is -2.26. The lowest BCUT2D eigenvalue weighted by Crippen LogP contribution is -2.19. The van der Waals surface area contributed by atoms with Crippen molar-refractivity contribution in [2.45, 2.75) is 13.5 Å². The van der Waals surface area contributed by atoms with E-state index in [0.717, 1.165) is 24.5 Å². The van der Waals surface area contributed by atoms with E-state index in [9.17, 15) is 4.39 Å². The quantitative estimate of drug-likeness (QED) is 0.879. The van der Waals surface area contributed by atoms with Crippen molar-refractivity contribution in [3.63, 3.8) is 0 Å². The van der Waals surface area contributed by atoms with Crippen molar-refractivity contribution in [2.24, 2.45) is 0 Å². The topological polar surface area (TPSA) is 15.3 Å². The second-order valence-corrected chi connectivity index (χ2v) is 4.38. The summed E-state index contributed by atoms with van der Waals surface area (Å²) in [7, 11) is 1.93. The van der Waals surface area contributed by atoms with Crippen LogP contribution in [0, 0.1) is 5.82 Å². The van der Waals surface area contributed by atoms with Crippen LogP contribution in [0.5, 0.6) is 0 Å². The zero-order valence-corrected chi connectivity index (χ0v) is 11.4. The molecule has 2 rings (SSSR count). The van der Waals surface area contributed by atoms with E-state index in [2.05, 4.69) is 29.3 Å². The molecule has 100 valence electrons. The molecule has 0 aliphatic carbocycles. The normalized spacial score (nSPS) is 10.5. The first-order chi connectivity index (χ1) is 9.26. The summed E-state index contributed by atoms with van der Waals surface area (Å²) in [5, 5.41) is 3.17. The van der Waals surface area contributed by atoms with Gasteiger partial charge in [-0.15, -0.1) is 0 Å². The van der Waals surface area contributed by atoms with E-state index < -0.39 is 0 Å². The molecule has 0 bridgehead atoms. The molecule has 2 aromatic carbocycles. The Labute approximate surface area is 113 Å². The fraction of sp³-hybridized carbons (Fsp3) is 0.250. The van der Waals surface area contributed by atoms with Crippen molar-refractivity contribution in [1.82, 2.24) is 5.32 Å². The average Bonchev–Trinajstić information content (AvgIpc) is 2.42. The summed E-state index contributed by atoms with van der Waals surface area (Å²) in [5.74, 6) is -0.206. The molecular weight excluding hydrogens is 239 g/mol. The van der Waals surface area contributed by atoms with E-state index in [0.29, 0.717) is 0 Å². The van der Waals surface area contributed by atoms with Crippen LogP contribution >= 0.6 is 0 Å². The summed E-state index contributed by atoms with van der Waals surface area (Å²) in [6.07, 6.45) is 0. The Morgan fingerprint density at radius 2 is 1.89 bits per heavy atom. The van der Waals surface area contributed by atoms with E-state index in [4.69, 9.17) is 0 Å². The number of nitrogens with one attached hydrogen (secondary N) is 1. The van der Waals surface area contributed by atoms with Crippen LogP contribution in [0.4, 0.5) is 15.8 Å². The van der Waals surface area contributed by atoms with Crippen LogP contribution in [0.2, 0.25) is 0 Å². The van der Waals surface area contributed by atoms with Gasteiger partial charge in [-0.2, -0.15) is 0 Å². The van der Waals surface area contributed by atoms with Crippen molar-refractivity contribution in [2.75, 3.05) is 18.5 Å². The molecule has 0 amide bonds. The molecule has 0 radical (unpaired) electrons. The van der Waals surface area contributed by atoms with Crippen LogP contribution in [0.25, 0.3) is 0 Å². The van der Waals surface area contributed by atoms with Crippen molar-refractivity contribution < 1.29 is 4.39 Å². The average molecular weight is 258 g/mol. The van der Waals surface area contributed by atoms with E-state index in [1.165, 1.54) is 11.6 Å². The summed E-state index contributed by atoms with van der Waals surface area (Å²) in [6, 6.07) is 14.9. The molecule has 0 aliphatic heterocycles. The number of benzene rings is 2. The molecule has 0 heterocycles. The fourth-order valence-electron chi connectivity index (χ4n) is 2.25. The molecule has 2 nitrogen and oxygen atoms in total. The van der Waals surface area contributed by atoms with Gasteiger partial charge in [-0.05, 0) is 43.8 Å². The van der Waals surface area contributed by atoms with Gasteiger partial charge in [0.1, 0.15) is 5.82 Å². The number of halogens is 1. The lowest BCUT2D eigenvalue weighted by molar-refractivity contribution is 0.627. The molecule has 0 atom stereocenters. The zero-order chi connectivity index (χ0) is 13.7. The first-order valence-corrected chi connectivity index (χ1v) is 6.52. The molecule has 0 spiro atoms. The summed E-state index contributed by atoms with van der Waals surface area (Å²) < 4.78 is 13.4. The first-order valence-electron chi connectivity index (χ1n) is 6.52. The summed E-state index contributed by atoms with van der Waals surface area (Å²) >= 11 is 0. The molecule has 0 aromatic heterocycles. The van der Waals surface area contributed by atoms with Crippen molar-refractivity contribution in [3.05, 3.63) is 59.9 Å². The Hall–Kier alpha value is -1.87. The maximum absolute atomic E-state index is 13.4.